The molecule has 1 aliphatic rings. The lowest BCUT2D eigenvalue weighted by Gasteiger charge is -2.21. The van der Waals surface area contributed by atoms with Crippen molar-refractivity contribution in [2.24, 2.45) is 0 Å². The molecule has 106 valence electrons. The van der Waals surface area contributed by atoms with E-state index in [1.165, 1.54) is 10.9 Å². The third-order valence-corrected chi connectivity index (χ3v) is 4.71. The summed E-state index contributed by atoms with van der Waals surface area (Å²) in [6.07, 6.45) is 3.29. The number of phenolic OH excluding ortho intramolecular Hbond substituents is 1. The number of aromatic nitrogens is 1. The topological polar surface area (TPSA) is 45.1 Å². The Labute approximate surface area is 121 Å². The van der Waals surface area contributed by atoms with Crippen molar-refractivity contribution in [3.8, 4) is 16.3 Å². The molecule has 1 heterocycles. The molecule has 1 aliphatic carbocycles. The lowest BCUT2D eigenvalue weighted by molar-refractivity contribution is 0.465. The first-order valence-electron chi connectivity index (χ1n) is 6.90. The summed E-state index contributed by atoms with van der Waals surface area (Å²) >= 11 is 1.61. The van der Waals surface area contributed by atoms with Gasteiger partial charge in [-0.05, 0) is 37.9 Å². The molecule has 1 aromatic carbocycles. The van der Waals surface area contributed by atoms with Crippen molar-refractivity contribution in [2.45, 2.75) is 32.2 Å². The van der Waals surface area contributed by atoms with Crippen LogP contribution in [0, 0.1) is 5.82 Å². The smallest absolute Gasteiger partial charge is 0.127 e. The van der Waals surface area contributed by atoms with Crippen LogP contribution >= 0.6 is 11.3 Å². The van der Waals surface area contributed by atoms with Gasteiger partial charge in [0.15, 0.2) is 0 Å². The van der Waals surface area contributed by atoms with Crippen molar-refractivity contribution in [2.75, 3.05) is 6.54 Å². The Morgan fingerprint density at radius 3 is 3.05 bits per heavy atom. The fourth-order valence-corrected chi connectivity index (χ4v) is 3.84. The van der Waals surface area contributed by atoms with Crippen LogP contribution in [0.2, 0.25) is 0 Å². The maximum Gasteiger partial charge on any atom is 0.127 e. The van der Waals surface area contributed by atoms with E-state index < -0.39 is 5.82 Å². The third-order valence-electron chi connectivity index (χ3n) is 3.53. The Balaban J connectivity index is 2.00. The van der Waals surface area contributed by atoms with Crippen LogP contribution in [-0.2, 0) is 6.42 Å². The van der Waals surface area contributed by atoms with E-state index in [0.29, 0.717) is 11.6 Å². The van der Waals surface area contributed by atoms with Crippen LogP contribution in [0.3, 0.4) is 0 Å². The quantitative estimate of drug-likeness (QED) is 0.908. The fraction of sp³-hybridized carbons (Fsp3) is 0.400. The second kappa shape index (κ2) is 5.50. The van der Waals surface area contributed by atoms with Crippen LogP contribution in [0.25, 0.3) is 10.6 Å². The highest BCUT2D eigenvalue weighted by Gasteiger charge is 2.24. The molecular weight excluding hydrogens is 275 g/mol. The van der Waals surface area contributed by atoms with Crippen LogP contribution in [0.5, 0.6) is 5.75 Å². The van der Waals surface area contributed by atoms with Crippen molar-refractivity contribution in [3.05, 3.63) is 34.6 Å². The second-order valence-corrected chi connectivity index (χ2v) is 6.11. The Kier molecular flexibility index (Phi) is 3.72. The lowest BCUT2D eigenvalue weighted by atomic mass is 9.97. The van der Waals surface area contributed by atoms with Gasteiger partial charge in [0.25, 0.3) is 0 Å². The zero-order chi connectivity index (χ0) is 14.1. The molecule has 0 aliphatic heterocycles. The van der Waals surface area contributed by atoms with E-state index >= 15 is 0 Å². The zero-order valence-corrected chi connectivity index (χ0v) is 12.1. The average molecular weight is 292 g/mol. The number of hydrogen-bond donors (Lipinski definition) is 2. The molecule has 0 fully saturated rings. The number of fused-ring (bicyclic) bond motifs is 1. The van der Waals surface area contributed by atoms with E-state index in [0.717, 1.165) is 42.6 Å². The van der Waals surface area contributed by atoms with Gasteiger partial charge in [0, 0.05) is 16.5 Å². The van der Waals surface area contributed by atoms with E-state index in [2.05, 4.69) is 17.2 Å². The largest absolute Gasteiger partial charge is 0.508 e. The molecule has 3 nitrogen and oxygen atoms in total. The Morgan fingerprint density at radius 2 is 2.30 bits per heavy atom. The fourth-order valence-electron chi connectivity index (χ4n) is 2.68. The standard InChI is InChI=1S/C15H17FN2OS/c1-2-17-12-4-3-5-13-14(12)18-15(20-13)9-6-10(16)8-11(19)7-9/h6-8,12,17,19H,2-5H2,1H3. The highest BCUT2D eigenvalue weighted by Crippen LogP contribution is 2.37. The average Bonchev–Trinajstić information content (AvgIpc) is 2.83. The third kappa shape index (κ3) is 2.55. The summed E-state index contributed by atoms with van der Waals surface area (Å²) in [7, 11) is 0. The van der Waals surface area contributed by atoms with Gasteiger partial charge in [-0.3, -0.25) is 0 Å². The van der Waals surface area contributed by atoms with E-state index in [1.807, 2.05) is 0 Å². The number of hydrogen-bond acceptors (Lipinski definition) is 4. The molecule has 1 aromatic heterocycles. The number of rotatable bonds is 3. The van der Waals surface area contributed by atoms with Gasteiger partial charge in [0.1, 0.15) is 16.6 Å². The number of nitrogens with zero attached hydrogens (tertiary/aromatic N) is 1. The summed E-state index contributed by atoms with van der Waals surface area (Å²) in [6.45, 7) is 3.00. The minimum Gasteiger partial charge on any atom is -0.508 e. The monoisotopic (exact) mass is 292 g/mol. The zero-order valence-electron chi connectivity index (χ0n) is 11.3. The molecule has 3 rings (SSSR count). The number of aromatic hydroxyl groups is 1. The molecule has 0 spiro atoms. The van der Waals surface area contributed by atoms with E-state index in [-0.39, 0.29) is 5.75 Å². The van der Waals surface area contributed by atoms with Gasteiger partial charge in [-0.1, -0.05) is 6.92 Å². The Hall–Kier alpha value is -1.46. The van der Waals surface area contributed by atoms with Crippen LogP contribution in [0.1, 0.15) is 36.4 Å². The Bertz CT molecular complexity index is 606. The number of halogens is 1. The molecule has 1 atom stereocenters. The van der Waals surface area contributed by atoms with E-state index in [4.69, 9.17) is 0 Å². The molecular formula is C15H17FN2OS. The van der Waals surface area contributed by atoms with E-state index in [1.54, 1.807) is 17.4 Å². The highest BCUT2D eigenvalue weighted by molar-refractivity contribution is 7.15. The molecule has 0 bridgehead atoms. The highest BCUT2D eigenvalue weighted by atomic mass is 32.1. The lowest BCUT2D eigenvalue weighted by Crippen LogP contribution is -2.24. The summed E-state index contributed by atoms with van der Waals surface area (Å²) in [5.41, 5.74) is 1.75. The number of aryl methyl sites for hydroxylation is 1. The number of thiazole rings is 1. The van der Waals surface area contributed by atoms with Gasteiger partial charge in [-0.25, -0.2) is 9.37 Å². The minimum atomic E-state index is -0.434. The summed E-state index contributed by atoms with van der Waals surface area (Å²) < 4.78 is 13.4. The van der Waals surface area contributed by atoms with Crippen molar-refractivity contribution >= 4 is 11.3 Å². The normalized spacial score (nSPS) is 18.0. The van der Waals surface area contributed by atoms with Crippen LogP contribution in [0.4, 0.5) is 4.39 Å². The van der Waals surface area contributed by atoms with Gasteiger partial charge < -0.3 is 10.4 Å². The molecule has 1 unspecified atom stereocenters. The molecule has 5 heteroatoms. The number of nitrogens with one attached hydrogen (secondary N) is 1. The predicted octanol–water partition coefficient (Wildman–Crippen LogP) is 3.64. The minimum absolute atomic E-state index is 0.0589. The van der Waals surface area contributed by atoms with Gasteiger partial charge in [0.2, 0.25) is 0 Å². The summed E-state index contributed by atoms with van der Waals surface area (Å²) in [4.78, 5) is 5.96. The molecule has 0 radical (unpaired) electrons. The molecule has 2 aromatic rings. The van der Waals surface area contributed by atoms with Crippen molar-refractivity contribution in [3.63, 3.8) is 0 Å². The van der Waals surface area contributed by atoms with Gasteiger partial charge in [0.05, 0.1) is 11.7 Å². The van der Waals surface area contributed by atoms with Crippen LogP contribution < -0.4 is 5.32 Å². The first-order valence-corrected chi connectivity index (χ1v) is 7.72. The Morgan fingerprint density at radius 1 is 1.45 bits per heavy atom. The van der Waals surface area contributed by atoms with Crippen molar-refractivity contribution in [1.29, 1.82) is 0 Å². The van der Waals surface area contributed by atoms with Gasteiger partial charge >= 0.3 is 0 Å². The first kappa shape index (κ1) is 13.5. The summed E-state index contributed by atoms with van der Waals surface area (Å²) in [5, 5.41) is 13.8. The van der Waals surface area contributed by atoms with Crippen molar-refractivity contribution in [1.82, 2.24) is 10.3 Å². The van der Waals surface area contributed by atoms with Gasteiger partial charge in [-0.2, -0.15) is 0 Å². The molecule has 0 amide bonds. The van der Waals surface area contributed by atoms with Crippen molar-refractivity contribution < 1.29 is 9.50 Å². The van der Waals surface area contributed by atoms with Gasteiger partial charge in [-0.15, -0.1) is 11.3 Å². The van der Waals surface area contributed by atoms with E-state index in [9.17, 15) is 9.50 Å². The summed E-state index contributed by atoms with van der Waals surface area (Å²) in [6, 6.07) is 4.40. The molecule has 0 saturated heterocycles. The SMILES string of the molecule is CCNC1CCCc2sc(-c3cc(O)cc(F)c3)nc21. The maximum absolute atomic E-state index is 13.4. The molecule has 20 heavy (non-hydrogen) atoms. The maximum atomic E-state index is 13.4. The number of phenols is 1. The first-order chi connectivity index (χ1) is 9.67. The summed E-state index contributed by atoms with van der Waals surface area (Å²) in [5.74, 6) is -0.493. The molecule has 2 N–H and O–H groups in total. The number of benzene rings is 1. The van der Waals surface area contributed by atoms with Crippen LogP contribution in [-0.4, -0.2) is 16.6 Å². The second-order valence-electron chi connectivity index (χ2n) is 5.03. The van der Waals surface area contributed by atoms with Crippen LogP contribution in [0.15, 0.2) is 18.2 Å². The predicted molar refractivity (Wildman–Crippen MR) is 78.5 cm³/mol. The molecule has 0 saturated carbocycles.